The fourth-order valence-corrected chi connectivity index (χ4v) is 4.32. The molecule has 1 aromatic carbocycles. The number of ether oxygens (including phenoxy) is 2. The third-order valence-electron chi connectivity index (χ3n) is 4.32. The van der Waals surface area contributed by atoms with Crippen molar-refractivity contribution in [1.29, 1.82) is 0 Å². The van der Waals surface area contributed by atoms with Crippen molar-refractivity contribution in [3.05, 3.63) is 24.3 Å². The van der Waals surface area contributed by atoms with Crippen LogP contribution in [-0.2, 0) is 24.3 Å². The quantitative estimate of drug-likeness (QED) is 0.635. The second-order valence-corrected chi connectivity index (χ2v) is 8.25. The van der Waals surface area contributed by atoms with E-state index in [0.717, 1.165) is 0 Å². The van der Waals surface area contributed by atoms with Crippen LogP contribution in [0.4, 0.5) is 4.79 Å². The van der Waals surface area contributed by atoms with Gasteiger partial charge in [-0.15, -0.1) is 0 Å². The van der Waals surface area contributed by atoms with E-state index in [4.69, 9.17) is 15.2 Å². The van der Waals surface area contributed by atoms with Crippen molar-refractivity contribution in [1.82, 2.24) is 9.62 Å². The summed E-state index contributed by atoms with van der Waals surface area (Å²) in [7, 11) is -2.30. The topological polar surface area (TPSA) is 145 Å². The monoisotopic (exact) mass is 413 g/mol. The van der Waals surface area contributed by atoms with E-state index < -0.39 is 40.0 Å². The zero-order chi connectivity index (χ0) is 20.9. The lowest BCUT2D eigenvalue weighted by molar-refractivity contribution is -0.159. The molecule has 2 atom stereocenters. The lowest BCUT2D eigenvalue weighted by Crippen LogP contribution is -2.45. The van der Waals surface area contributed by atoms with Crippen LogP contribution >= 0.6 is 0 Å². The maximum atomic E-state index is 12.8. The van der Waals surface area contributed by atoms with Crippen molar-refractivity contribution in [2.75, 3.05) is 20.2 Å². The van der Waals surface area contributed by atoms with E-state index in [2.05, 4.69) is 0 Å². The number of esters is 1. The van der Waals surface area contributed by atoms with E-state index in [1.165, 1.54) is 30.5 Å². The Morgan fingerprint density at radius 3 is 2.46 bits per heavy atom. The van der Waals surface area contributed by atoms with Gasteiger partial charge in [-0.2, -0.15) is 4.31 Å². The minimum atomic E-state index is -3.78. The molecule has 0 aromatic heterocycles. The number of imide groups is 1. The van der Waals surface area contributed by atoms with Crippen molar-refractivity contribution in [2.45, 2.75) is 30.8 Å². The first kappa shape index (κ1) is 21.6. The molecule has 10 nitrogen and oxygen atoms in total. The van der Waals surface area contributed by atoms with Crippen LogP contribution in [0.1, 0.15) is 19.8 Å². The molecule has 0 spiro atoms. The zero-order valence-electron chi connectivity index (χ0n) is 15.6. The second kappa shape index (κ2) is 9.02. The maximum absolute atomic E-state index is 12.8. The molecule has 2 rings (SSSR count). The van der Waals surface area contributed by atoms with Gasteiger partial charge in [-0.3, -0.25) is 14.9 Å². The smallest absolute Gasteiger partial charge is 0.318 e. The third-order valence-corrected chi connectivity index (χ3v) is 6.20. The summed E-state index contributed by atoms with van der Waals surface area (Å²) < 4.78 is 36.9. The molecule has 0 saturated carbocycles. The Balaban J connectivity index is 2.05. The number of hydrogen-bond donors (Lipinski definition) is 2. The van der Waals surface area contributed by atoms with Gasteiger partial charge in [-0.05, 0) is 44.0 Å². The number of benzene rings is 1. The van der Waals surface area contributed by atoms with Crippen LogP contribution in [0.15, 0.2) is 29.2 Å². The van der Waals surface area contributed by atoms with Crippen LogP contribution in [0.25, 0.3) is 0 Å². The van der Waals surface area contributed by atoms with E-state index in [9.17, 15) is 22.8 Å². The average Bonchev–Trinajstić information content (AvgIpc) is 2.67. The van der Waals surface area contributed by atoms with Gasteiger partial charge in [0.2, 0.25) is 10.0 Å². The molecule has 154 valence electrons. The van der Waals surface area contributed by atoms with E-state index >= 15 is 0 Å². The lowest BCUT2D eigenvalue weighted by atomic mass is 10.00. The Labute approximate surface area is 163 Å². The number of rotatable bonds is 6. The van der Waals surface area contributed by atoms with E-state index in [1.807, 2.05) is 5.32 Å². The van der Waals surface area contributed by atoms with Crippen LogP contribution in [-0.4, -0.2) is 56.9 Å². The summed E-state index contributed by atoms with van der Waals surface area (Å²) in [6.07, 6.45) is -0.331. The number of nitrogens with one attached hydrogen (secondary N) is 1. The van der Waals surface area contributed by atoms with Crippen LogP contribution < -0.4 is 15.8 Å². The highest BCUT2D eigenvalue weighted by molar-refractivity contribution is 7.89. The Hall–Kier alpha value is -2.66. The van der Waals surface area contributed by atoms with Crippen LogP contribution in [0.2, 0.25) is 0 Å². The largest absolute Gasteiger partial charge is 0.497 e. The number of primary amides is 1. The standard InChI is InChI=1S/C17H23N3O7S/c1-11(15(21)19-17(18)23)27-16(22)12-4-3-9-20(10-12)28(24,25)14-7-5-13(26-2)6-8-14/h5-8,11-12H,3-4,9-10H2,1-2H3,(H3,18,19,21,23). The molecule has 11 heteroatoms. The first-order chi connectivity index (χ1) is 13.1. The summed E-state index contributed by atoms with van der Waals surface area (Å²) in [6.45, 7) is 1.51. The first-order valence-corrected chi connectivity index (χ1v) is 10.0. The van der Waals surface area contributed by atoms with Crippen LogP contribution in [0, 0.1) is 5.92 Å². The molecule has 3 N–H and O–H groups in total. The number of methoxy groups -OCH3 is 1. The van der Waals surface area contributed by atoms with Gasteiger partial charge in [0, 0.05) is 13.1 Å². The predicted molar refractivity (Wildman–Crippen MR) is 97.8 cm³/mol. The SMILES string of the molecule is COc1ccc(S(=O)(=O)N2CCCC(C(=O)OC(C)C(=O)NC(N)=O)C2)cc1. The molecule has 1 aromatic rings. The fraction of sp³-hybridized carbons (Fsp3) is 0.471. The second-order valence-electron chi connectivity index (χ2n) is 6.31. The minimum absolute atomic E-state index is 0.0582. The molecule has 28 heavy (non-hydrogen) atoms. The number of nitrogens with two attached hydrogens (primary N) is 1. The highest BCUT2D eigenvalue weighted by Crippen LogP contribution is 2.26. The summed E-state index contributed by atoms with van der Waals surface area (Å²) in [5.74, 6) is -1.74. The predicted octanol–water partition coefficient (Wildman–Crippen LogP) is 0.223. The Bertz CT molecular complexity index is 839. The third kappa shape index (κ3) is 5.20. The Morgan fingerprint density at radius 1 is 1.25 bits per heavy atom. The Morgan fingerprint density at radius 2 is 1.89 bits per heavy atom. The Kier molecular flexibility index (Phi) is 6.97. The van der Waals surface area contributed by atoms with Crippen LogP contribution in [0.3, 0.4) is 0 Å². The number of amides is 3. The molecule has 2 unspecified atom stereocenters. The van der Waals surface area contributed by atoms with Gasteiger partial charge in [0.1, 0.15) is 5.75 Å². The normalized spacial score (nSPS) is 18.7. The van der Waals surface area contributed by atoms with Gasteiger partial charge >= 0.3 is 12.0 Å². The highest BCUT2D eigenvalue weighted by atomic mass is 32.2. The number of piperidine rings is 1. The van der Waals surface area contributed by atoms with E-state index in [0.29, 0.717) is 18.6 Å². The number of hydrogen-bond acceptors (Lipinski definition) is 7. The zero-order valence-corrected chi connectivity index (χ0v) is 16.4. The molecule has 1 aliphatic rings. The van der Waals surface area contributed by atoms with Gasteiger partial charge in [0.15, 0.2) is 6.10 Å². The summed E-state index contributed by atoms with van der Waals surface area (Å²) in [5.41, 5.74) is 4.85. The van der Waals surface area contributed by atoms with Crippen molar-refractivity contribution < 1.29 is 32.3 Å². The minimum Gasteiger partial charge on any atom is -0.497 e. The highest BCUT2D eigenvalue weighted by Gasteiger charge is 2.35. The summed E-state index contributed by atoms with van der Waals surface area (Å²) >= 11 is 0. The van der Waals surface area contributed by atoms with Crippen molar-refractivity contribution in [2.24, 2.45) is 11.7 Å². The summed E-state index contributed by atoms with van der Waals surface area (Å²) in [5, 5.41) is 1.82. The van der Waals surface area contributed by atoms with Gasteiger partial charge in [0.05, 0.1) is 17.9 Å². The molecule has 1 saturated heterocycles. The molecular weight excluding hydrogens is 390 g/mol. The van der Waals surface area contributed by atoms with E-state index in [1.54, 1.807) is 12.1 Å². The average molecular weight is 413 g/mol. The molecule has 1 aliphatic heterocycles. The number of urea groups is 1. The lowest BCUT2D eigenvalue weighted by Gasteiger charge is -2.31. The number of carbonyl (C=O) groups excluding carboxylic acids is 3. The van der Waals surface area contributed by atoms with Crippen LogP contribution in [0.5, 0.6) is 5.75 Å². The van der Waals surface area contributed by atoms with Crippen molar-refractivity contribution in [3.63, 3.8) is 0 Å². The van der Waals surface area contributed by atoms with Crippen molar-refractivity contribution in [3.8, 4) is 5.75 Å². The molecule has 0 radical (unpaired) electrons. The molecular formula is C17H23N3O7S. The summed E-state index contributed by atoms with van der Waals surface area (Å²) in [4.78, 5) is 34.8. The molecule has 1 fully saturated rings. The van der Waals surface area contributed by atoms with Gasteiger partial charge in [0.25, 0.3) is 5.91 Å². The van der Waals surface area contributed by atoms with Gasteiger partial charge in [-0.1, -0.05) is 0 Å². The number of carbonyl (C=O) groups is 3. The molecule has 3 amide bonds. The number of nitrogens with zero attached hydrogens (tertiary/aromatic N) is 1. The molecule has 1 heterocycles. The van der Waals surface area contributed by atoms with Crippen molar-refractivity contribution >= 4 is 27.9 Å². The maximum Gasteiger partial charge on any atom is 0.318 e. The fourth-order valence-electron chi connectivity index (χ4n) is 2.80. The summed E-state index contributed by atoms with van der Waals surface area (Å²) in [6, 6.07) is 4.91. The van der Waals surface area contributed by atoms with Gasteiger partial charge < -0.3 is 15.2 Å². The molecule has 0 aliphatic carbocycles. The first-order valence-electron chi connectivity index (χ1n) is 8.60. The van der Waals surface area contributed by atoms with E-state index in [-0.39, 0.29) is 18.0 Å². The van der Waals surface area contributed by atoms with Gasteiger partial charge in [-0.25, -0.2) is 13.2 Å². The number of sulfonamides is 1. The molecule has 0 bridgehead atoms.